The SMILES string of the molecule is CC(C)[C@H]1NCCN(c2ccc(I)nc2)C1=O. The number of halogens is 1. The van der Waals surface area contributed by atoms with Crippen molar-refractivity contribution in [2.75, 3.05) is 18.0 Å². The van der Waals surface area contributed by atoms with Crippen molar-refractivity contribution in [3.63, 3.8) is 0 Å². The molecule has 2 heterocycles. The molecule has 0 saturated carbocycles. The van der Waals surface area contributed by atoms with Crippen LogP contribution < -0.4 is 10.2 Å². The number of nitrogens with zero attached hydrogens (tertiary/aromatic N) is 2. The van der Waals surface area contributed by atoms with Gasteiger partial charge in [0.1, 0.15) is 3.70 Å². The van der Waals surface area contributed by atoms with E-state index in [1.54, 1.807) is 6.20 Å². The summed E-state index contributed by atoms with van der Waals surface area (Å²) in [6.07, 6.45) is 1.77. The van der Waals surface area contributed by atoms with E-state index >= 15 is 0 Å². The first-order valence-corrected chi connectivity index (χ1v) is 6.84. The second-order valence-corrected chi connectivity index (χ2v) is 5.61. The largest absolute Gasteiger partial charge is 0.308 e. The number of anilines is 1. The molecule has 2 rings (SSSR count). The molecule has 1 aliphatic rings. The Morgan fingerprint density at radius 1 is 1.53 bits per heavy atom. The molecule has 1 aromatic heterocycles. The lowest BCUT2D eigenvalue weighted by Crippen LogP contribution is -2.57. The summed E-state index contributed by atoms with van der Waals surface area (Å²) < 4.78 is 0.939. The Morgan fingerprint density at radius 2 is 2.29 bits per heavy atom. The zero-order chi connectivity index (χ0) is 12.4. The van der Waals surface area contributed by atoms with Crippen molar-refractivity contribution in [3.8, 4) is 0 Å². The predicted molar refractivity (Wildman–Crippen MR) is 75.9 cm³/mol. The van der Waals surface area contributed by atoms with Crippen LogP contribution in [0, 0.1) is 9.62 Å². The minimum Gasteiger partial charge on any atom is -0.308 e. The van der Waals surface area contributed by atoms with Crippen LogP contribution in [0.15, 0.2) is 18.3 Å². The van der Waals surface area contributed by atoms with Crippen LogP contribution in [0.2, 0.25) is 0 Å². The molecule has 1 saturated heterocycles. The number of carbonyl (C=O) groups excluding carboxylic acids is 1. The predicted octanol–water partition coefficient (Wildman–Crippen LogP) is 1.65. The molecule has 1 N–H and O–H groups in total. The summed E-state index contributed by atoms with van der Waals surface area (Å²) in [6, 6.07) is 3.80. The van der Waals surface area contributed by atoms with Gasteiger partial charge in [0.25, 0.3) is 0 Å². The lowest BCUT2D eigenvalue weighted by molar-refractivity contribution is -0.122. The fourth-order valence-corrected chi connectivity index (χ4v) is 2.32. The van der Waals surface area contributed by atoms with Gasteiger partial charge in [-0.25, -0.2) is 4.98 Å². The summed E-state index contributed by atoms with van der Waals surface area (Å²) in [7, 11) is 0. The first kappa shape index (κ1) is 12.8. The molecule has 0 radical (unpaired) electrons. The van der Waals surface area contributed by atoms with Gasteiger partial charge in [0, 0.05) is 13.1 Å². The third-order valence-corrected chi connectivity index (χ3v) is 3.56. The van der Waals surface area contributed by atoms with E-state index in [9.17, 15) is 4.79 Å². The van der Waals surface area contributed by atoms with Gasteiger partial charge in [0.15, 0.2) is 0 Å². The Labute approximate surface area is 115 Å². The number of carbonyl (C=O) groups is 1. The summed E-state index contributed by atoms with van der Waals surface area (Å²) in [5.74, 6) is 0.455. The lowest BCUT2D eigenvalue weighted by Gasteiger charge is -2.34. The molecule has 0 spiro atoms. The van der Waals surface area contributed by atoms with Gasteiger partial charge in [-0.3, -0.25) is 4.79 Å². The molecule has 1 amide bonds. The number of pyridine rings is 1. The van der Waals surface area contributed by atoms with Gasteiger partial charge < -0.3 is 10.2 Å². The van der Waals surface area contributed by atoms with Crippen LogP contribution in [0.5, 0.6) is 0 Å². The van der Waals surface area contributed by atoms with Crippen LogP contribution in [0.25, 0.3) is 0 Å². The van der Waals surface area contributed by atoms with E-state index < -0.39 is 0 Å². The molecule has 1 aromatic rings. The molecule has 4 nitrogen and oxygen atoms in total. The molecule has 0 aliphatic carbocycles. The van der Waals surface area contributed by atoms with Gasteiger partial charge in [-0.05, 0) is 40.6 Å². The highest BCUT2D eigenvalue weighted by atomic mass is 127. The normalized spacial score (nSPS) is 21.1. The summed E-state index contributed by atoms with van der Waals surface area (Å²) in [5, 5.41) is 3.27. The lowest BCUT2D eigenvalue weighted by atomic mass is 10.0. The minimum absolute atomic E-state index is 0.0805. The molecule has 92 valence electrons. The summed E-state index contributed by atoms with van der Waals surface area (Å²) in [5.41, 5.74) is 0.891. The van der Waals surface area contributed by atoms with Crippen molar-refractivity contribution in [2.45, 2.75) is 19.9 Å². The second-order valence-electron chi connectivity index (χ2n) is 4.50. The van der Waals surface area contributed by atoms with Gasteiger partial charge in [-0.1, -0.05) is 13.8 Å². The van der Waals surface area contributed by atoms with Crippen LogP contribution in [0.3, 0.4) is 0 Å². The maximum atomic E-state index is 12.3. The molecule has 1 atom stereocenters. The number of amides is 1. The molecule has 1 fully saturated rings. The van der Waals surface area contributed by atoms with Crippen LogP contribution in [-0.4, -0.2) is 30.0 Å². The monoisotopic (exact) mass is 345 g/mol. The molecule has 1 aliphatic heterocycles. The molecule has 0 bridgehead atoms. The number of nitrogens with one attached hydrogen (secondary N) is 1. The molecule has 0 aromatic carbocycles. The fourth-order valence-electron chi connectivity index (χ4n) is 2.00. The van der Waals surface area contributed by atoms with Crippen molar-refractivity contribution in [3.05, 3.63) is 22.0 Å². The van der Waals surface area contributed by atoms with Crippen molar-refractivity contribution in [2.24, 2.45) is 5.92 Å². The Bertz CT molecular complexity index is 405. The maximum Gasteiger partial charge on any atom is 0.244 e. The van der Waals surface area contributed by atoms with E-state index in [-0.39, 0.29) is 11.9 Å². The van der Waals surface area contributed by atoms with E-state index in [2.05, 4.69) is 46.7 Å². The number of piperazine rings is 1. The van der Waals surface area contributed by atoms with E-state index in [4.69, 9.17) is 0 Å². The molecular weight excluding hydrogens is 329 g/mol. The van der Waals surface area contributed by atoms with Crippen LogP contribution in [-0.2, 0) is 4.79 Å². The van der Waals surface area contributed by atoms with E-state index in [1.165, 1.54) is 0 Å². The summed E-state index contributed by atoms with van der Waals surface area (Å²) >= 11 is 2.16. The fraction of sp³-hybridized carbons (Fsp3) is 0.500. The van der Waals surface area contributed by atoms with Crippen molar-refractivity contribution < 1.29 is 4.79 Å². The van der Waals surface area contributed by atoms with Crippen LogP contribution >= 0.6 is 22.6 Å². The van der Waals surface area contributed by atoms with Crippen LogP contribution in [0.1, 0.15) is 13.8 Å². The second kappa shape index (κ2) is 5.30. The molecule has 17 heavy (non-hydrogen) atoms. The third kappa shape index (κ3) is 2.77. The quantitative estimate of drug-likeness (QED) is 0.655. The smallest absolute Gasteiger partial charge is 0.244 e. The number of rotatable bonds is 2. The molecular formula is C12H16IN3O. The molecule has 5 heteroatoms. The van der Waals surface area contributed by atoms with Crippen molar-refractivity contribution in [1.29, 1.82) is 0 Å². The van der Waals surface area contributed by atoms with Gasteiger partial charge in [0.05, 0.1) is 17.9 Å². The van der Waals surface area contributed by atoms with Crippen LogP contribution in [0.4, 0.5) is 5.69 Å². The molecule has 0 unspecified atom stereocenters. The van der Waals surface area contributed by atoms with Crippen molar-refractivity contribution in [1.82, 2.24) is 10.3 Å². The Morgan fingerprint density at radius 3 is 2.88 bits per heavy atom. The minimum atomic E-state index is -0.0805. The van der Waals surface area contributed by atoms with Crippen molar-refractivity contribution >= 4 is 34.2 Å². The average Bonchev–Trinajstić information content (AvgIpc) is 2.30. The average molecular weight is 345 g/mol. The zero-order valence-corrected chi connectivity index (χ0v) is 12.1. The highest BCUT2D eigenvalue weighted by molar-refractivity contribution is 14.1. The first-order valence-electron chi connectivity index (χ1n) is 5.76. The Kier molecular flexibility index (Phi) is 3.98. The van der Waals surface area contributed by atoms with Gasteiger partial charge in [-0.15, -0.1) is 0 Å². The Hall–Kier alpha value is -0.690. The maximum absolute atomic E-state index is 12.3. The summed E-state index contributed by atoms with van der Waals surface area (Å²) in [4.78, 5) is 18.3. The number of hydrogen-bond acceptors (Lipinski definition) is 3. The van der Waals surface area contributed by atoms with Gasteiger partial charge in [-0.2, -0.15) is 0 Å². The van der Waals surface area contributed by atoms with Gasteiger partial charge >= 0.3 is 0 Å². The Balaban J connectivity index is 2.20. The number of aromatic nitrogens is 1. The van der Waals surface area contributed by atoms with E-state index in [0.29, 0.717) is 12.5 Å². The van der Waals surface area contributed by atoms with Gasteiger partial charge in [0.2, 0.25) is 5.91 Å². The number of hydrogen-bond donors (Lipinski definition) is 1. The zero-order valence-electron chi connectivity index (χ0n) is 9.98. The van der Waals surface area contributed by atoms with E-state index in [0.717, 1.165) is 15.9 Å². The summed E-state index contributed by atoms with van der Waals surface area (Å²) in [6.45, 7) is 5.67. The third-order valence-electron chi connectivity index (χ3n) is 2.92. The first-order chi connectivity index (χ1) is 8.09. The van der Waals surface area contributed by atoms with E-state index in [1.807, 2.05) is 17.0 Å². The highest BCUT2D eigenvalue weighted by Gasteiger charge is 2.31. The topological polar surface area (TPSA) is 45.2 Å². The standard InChI is InChI=1S/C12H16IN3O/c1-8(2)11-12(17)16(6-5-14-11)9-3-4-10(13)15-7-9/h3-4,7-8,11,14H,5-6H2,1-2H3/t11-/m1/s1. The highest BCUT2D eigenvalue weighted by Crippen LogP contribution is 2.19.